The van der Waals surface area contributed by atoms with Crippen LogP contribution in [0.5, 0.6) is 0 Å². The van der Waals surface area contributed by atoms with Gasteiger partial charge in [0.1, 0.15) is 5.58 Å². The Morgan fingerprint density at radius 2 is 1.83 bits per heavy atom. The molecule has 0 aliphatic rings. The van der Waals surface area contributed by atoms with Crippen LogP contribution in [0.3, 0.4) is 0 Å². The van der Waals surface area contributed by atoms with Gasteiger partial charge >= 0.3 is 0 Å². The monoisotopic (exact) mass is 427 g/mol. The highest BCUT2D eigenvalue weighted by atomic mass is 32.2. The SMILES string of the molecule is Cc1ccc2c(C)c(C(=O)Nc3nc(-c4ccc(S(C)(=O)=O)cc4)ns3)oc2c1. The summed E-state index contributed by atoms with van der Waals surface area (Å²) in [6.45, 7) is 3.80. The molecule has 29 heavy (non-hydrogen) atoms. The molecule has 0 spiro atoms. The van der Waals surface area contributed by atoms with Crippen LogP contribution in [0.2, 0.25) is 0 Å². The van der Waals surface area contributed by atoms with Crippen LogP contribution in [0.4, 0.5) is 5.13 Å². The summed E-state index contributed by atoms with van der Waals surface area (Å²) in [4.78, 5) is 17.2. The van der Waals surface area contributed by atoms with Crippen molar-refractivity contribution in [2.75, 3.05) is 11.6 Å². The van der Waals surface area contributed by atoms with Crippen molar-refractivity contribution in [1.29, 1.82) is 0 Å². The minimum absolute atomic E-state index is 0.223. The predicted molar refractivity (Wildman–Crippen MR) is 112 cm³/mol. The van der Waals surface area contributed by atoms with E-state index in [9.17, 15) is 13.2 Å². The molecule has 7 nitrogen and oxygen atoms in total. The summed E-state index contributed by atoms with van der Waals surface area (Å²) in [5.41, 5.74) is 3.13. The zero-order chi connectivity index (χ0) is 20.8. The minimum Gasteiger partial charge on any atom is -0.451 e. The van der Waals surface area contributed by atoms with Crippen molar-refractivity contribution in [2.24, 2.45) is 0 Å². The van der Waals surface area contributed by atoms with Gasteiger partial charge in [-0.2, -0.15) is 9.36 Å². The smallest absolute Gasteiger partial charge is 0.293 e. The molecule has 1 amide bonds. The molecule has 0 saturated heterocycles. The summed E-state index contributed by atoms with van der Waals surface area (Å²) < 4.78 is 33.1. The van der Waals surface area contributed by atoms with E-state index in [2.05, 4.69) is 14.7 Å². The second-order valence-corrected chi connectivity index (χ2v) is 9.50. The van der Waals surface area contributed by atoms with Gasteiger partial charge in [0.2, 0.25) is 5.13 Å². The maximum absolute atomic E-state index is 12.7. The number of fused-ring (bicyclic) bond motifs is 1. The lowest BCUT2D eigenvalue weighted by atomic mass is 10.1. The van der Waals surface area contributed by atoms with E-state index in [1.54, 1.807) is 12.1 Å². The Labute approximate surface area is 171 Å². The molecule has 0 atom stereocenters. The molecular weight excluding hydrogens is 410 g/mol. The number of nitrogens with zero attached hydrogens (tertiary/aromatic N) is 2. The average molecular weight is 428 g/mol. The van der Waals surface area contributed by atoms with Crippen molar-refractivity contribution in [1.82, 2.24) is 9.36 Å². The maximum Gasteiger partial charge on any atom is 0.293 e. The van der Waals surface area contributed by atoms with E-state index in [4.69, 9.17) is 4.42 Å². The molecule has 1 N–H and O–H groups in total. The third-order valence-corrected chi connectivity index (χ3v) is 6.25. The number of nitrogens with one attached hydrogen (secondary N) is 1. The number of aryl methyl sites for hydroxylation is 2. The van der Waals surface area contributed by atoms with Crippen molar-refractivity contribution in [3.05, 3.63) is 59.4 Å². The van der Waals surface area contributed by atoms with Gasteiger partial charge in [-0.1, -0.05) is 12.1 Å². The third kappa shape index (κ3) is 3.79. The lowest BCUT2D eigenvalue weighted by Crippen LogP contribution is -2.11. The Balaban J connectivity index is 1.56. The number of rotatable bonds is 4. The largest absolute Gasteiger partial charge is 0.451 e. The van der Waals surface area contributed by atoms with Crippen molar-refractivity contribution in [2.45, 2.75) is 18.7 Å². The number of carbonyl (C=O) groups excluding carboxylic acids is 1. The van der Waals surface area contributed by atoms with Gasteiger partial charge in [0.15, 0.2) is 21.4 Å². The fourth-order valence-corrected chi connectivity index (χ4v) is 4.16. The predicted octanol–water partition coefficient (Wildman–Crippen LogP) is 4.22. The number of anilines is 1. The Hall–Kier alpha value is -3.04. The van der Waals surface area contributed by atoms with Crippen LogP contribution in [-0.2, 0) is 9.84 Å². The number of furan rings is 1. The minimum atomic E-state index is -3.27. The first-order valence-corrected chi connectivity index (χ1v) is 11.3. The Morgan fingerprint density at radius 3 is 2.52 bits per heavy atom. The fourth-order valence-electron chi connectivity index (χ4n) is 2.95. The molecule has 4 rings (SSSR count). The van der Waals surface area contributed by atoms with E-state index >= 15 is 0 Å². The van der Waals surface area contributed by atoms with Gasteiger partial charge in [0.25, 0.3) is 5.91 Å². The Kier molecular flexibility index (Phi) is 4.71. The van der Waals surface area contributed by atoms with Crippen LogP contribution in [0.1, 0.15) is 21.7 Å². The van der Waals surface area contributed by atoms with Crippen LogP contribution in [0.25, 0.3) is 22.4 Å². The van der Waals surface area contributed by atoms with Crippen molar-refractivity contribution in [3.63, 3.8) is 0 Å². The molecule has 4 aromatic rings. The number of hydrogen-bond acceptors (Lipinski definition) is 7. The number of amides is 1. The van der Waals surface area contributed by atoms with Gasteiger partial charge in [0.05, 0.1) is 4.90 Å². The quantitative estimate of drug-likeness (QED) is 0.523. The second kappa shape index (κ2) is 7.09. The van der Waals surface area contributed by atoms with Crippen LogP contribution in [-0.4, -0.2) is 29.9 Å². The normalized spacial score (nSPS) is 11.7. The standard InChI is InChI=1S/C20H17N3O4S2/c1-11-4-9-15-12(2)17(27-16(15)10-11)19(24)22-20-21-18(23-28-20)13-5-7-14(8-6-13)29(3,25)26/h4-10H,1-3H3,(H,21,22,23,24). The maximum atomic E-state index is 12.7. The molecule has 0 saturated carbocycles. The van der Waals surface area contributed by atoms with Crippen LogP contribution in [0, 0.1) is 13.8 Å². The topological polar surface area (TPSA) is 102 Å². The Morgan fingerprint density at radius 1 is 1.10 bits per heavy atom. The highest BCUT2D eigenvalue weighted by Gasteiger charge is 2.19. The van der Waals surface area contributed by atoms with Crippen molar-refractivity contribution < 1.29 is 17.6 Å². The summed E-state index contributed by atoms with van der Waals surface area (Å²) in [6, 6.07) is 12.1. The molecule has 0 aliphatic carbocycles. The summed E-state index contributed by atoms with van der Waals surface area (Å²) in [6.07, 6.45) is 1.15. The first-order chi connectivity index (χ1) is 13.7. The summed E-state index contributed by atoms with van der Waals surface area (Å²) >= 11 is 1.04. The van der Waals surface area contributed by atoms with E-state index in [1.807, 2.05) is 32.0 Å². The first kappa shape index (κ1) is 19.3. The lowest BCUT2D eigenvalue weighted by molar-refractivity contribution is 0.0998. The van der Waals surface area contributed by atoms with Crippen molar-refractivity contribution in [3.8, 4) is 11.4 Å². The van der Waals surface area contributed by atoms with Crippen molar-refractivity contribution >= 4 is 43.4 Å². The molecule has 0 unspecified atom stereocenters. The van der Waals surface area contributed by atoms with E-state index in [0.29, 0.717) is 22.1 Å². The van der Waals surface area contributed by atoms with E-state index in [0.717, 1.165) is 34.3 Å². The number of aromatic nitrogens is 2. The second-order valence-electron chi connectivity index (χ2n) is 6.73. The van der Waals surface area contributed by atoms with E-state index in [1.165, 1.54) is 12.1 Å². The molecule has 0 aliphatic heterocycles. The van der Waals surface area contributed by atoms with Gasteiger partial charge in [-0.25, -0.2) is 8.42 Å². The zero-order valence-electron chi connectivity index (χ0n) is 15.9. The molecule has 0 fully saturated rings. The molecule has 2 aromatic carbocycles. The van der Waals surface area contributed by atoms with Gasteiger partial charge in [0, 0.05) is 34.3 Å². The fraction of sp³-hybridized carbons (Fsp3) is 0.150. The third-order valence-electron chi connectivity index (χ3n) is 4.49. The molecule has 0 bridgehead atoms. The molecule has 0 radical (unpaired) electrons. The van der Waals surface area contributed by atoms with Gasteiger partial charge in [-0.05, 0) is 49.7 Å². The number of hydrogen-bond donors (Lipinski definition) is 1. The summed E-state index contributed by atoms with van der Waals surface area (Å²) in [7, 11) is -3.27. The average Bonchev–Trinajstić information content (AvgIpc) is 3.25. The van der Waals surface area contributed by atoms with Gasteiger partial charge in [-0.15, -0.1) is 0 Å². The molecule has 2 aromatic heterocycles. The van der Waals surface area contributed by atoms with E-state index in [-0.39, 0.29) is 10.7 Å². The highest BCUT2D eigenvalue weighted by molar-refractivity contribution is 7.90. The highest BCUT2D eigenvalue weighted by Crippen LogP contribution is 2.28. The molecule has 2 heterocycles. The lowest BCUT2D eigenvalue weighted by Gasteiger charge is -2.00. The summed E-state index contributed by atoms with van der Waals surface area (Å²) in [5, 5.41) is 3.94. The molecule has 9 heteroatoms. The van der Waals surface area contributed by atoms with Gasteiger partial charge < -0.3 is 4.42 Å². The van der Waals surface area contributed by atoms with Crippen LogP contribution in [0.15, 0.2) is 51.8 Å². The number of benzene rings is 2. The van der Waals surface area contributed by atoms with Crippen LogP contribution < -0.4 is 5.32 Å². The Bertz CT molecular complexity index is 1340. The molecule has 148 valence electrons. The number of carbonyl (C=O) groups is 1. The van der Waals surface area contributed by atoms with Crippen LogP contribution >= 0.6 is 11.5 Å². The van der Waals surface area contributed by atoms with Gasteiger partial charge in [-0.3, -0.25) is 10.1 Å². The summed E-state index contributed by atoms with van der Waals surface area (Å²) in [5.74, 6) is 0.244. The zero-order valence-corrected chi connectivity index (χ0v) is 17.5. The van der Waals surface area contributed by atoms with E-state index < -0.39 is 15.7 Å². The first-order valence-electron chi connectivity index (χ1n) is 8.67. The number of sulfone groups is 1. The molecular formula is C20H17N3O4S2.